The molecule has 0 aromatic rings. The molecule has 19 heteroatoms. The van der Waals surface area contributed by atoms with Gasteiger partial charge in [-0.2, -0.15) is 0 Å². The average molecular weight is 971 g/mol. The number of aliphatic hydroxyl groups is 4. The molecule has 8 atom stereocenters. The van der Waals surface area contributed by atoms with Gasteiger partial charge in [0.1, 0.15) is 18.5 Å². The largest absolute Gasteiger partial charge is 0.472 e. The standard InChI is InChI=1S/C46H84O17P2/c1-3-5-7-8-9-10-11-12-13-14-15-16-17-18-19-20-22-27-45(52)59-35-40(36-62-65(57,58)61-34-39(49)33-60-64(54,55)56)63-46(53)28-24-23-26-38(48)31-42-41(43(50)32-44(42)51)30-29-37(47)25-21-6-4-2/h12-13,29-30,37,39-44,47,49-51H,3-11,14-28,31-36H2,1-2H3,(H,57,58)(H2,54,55,56)/b13-12-,30-29+/t37-,39-,40+,41+,42+,43+,44-/m0/s1. The van der Waals surface area contributed by atoms with Crippen molar-refractivity contribution in [1.82, 2.24) is 0 Å². The van der Waals surface area contributed by atoms with Crippen molar-refractivity contribution in [3.63, 3.8) is 0 Å². The highest BCUT2D eigenvalue weighted by Gasteiger charge is 2.41. The smallest absolute Gasteiger partial charge is 0.462 e. The minimum Gasteiger partial charge on any atom is -0.462 e. The Bertz CT molecular complexity index is 1420. The van der Waals surface area contributed by atoms with Crippen molar-refractivity contribution in [3.05, 3.63) is 24.3 Å². The number of ether oxygens (including phenoxy) is 2. The zero-order valence-corrected chi connectivity index (χ0v) is 41.0. The molecular weight excluding hydrogens is 886 g/mol. The third kappa shape index (κ3) is 34.1. The van der Waals surface area contributed by atoms with Crippen LogP contribution in [0.4, 0.5) is 0 Å². The molecule has 380 valence electrons. The lowest BCUT2D eigenvalue weighted by molar-refractivity contribution is -0.161. The minimum absolute atomic E-state index is 0.0167. The summed E-state index contributed by atoms with van der Waals surface area (Å²) in [5.74, 6) is -2.48. The van der Waals surface area contributed by atoms with Crippen LogP contribution in [0.1, 0.15) is 181 Å². The van der Waals surface area contributed by atoms with Crippen LogP contribution in [0.2, 0.25) is 0 Å². The molecule has 0 heterocycles. The Morgan fingerprint density at radius 2 is 1.15 bits per heavy atom. The van der Waals surface area contributed by atoms with Gasteiger partial charge in [-0.1, -0.05) is 122 Å². The molecule has 0 aromatic heterocycles. The summed E-state index contributed by atoms with van der Waals surface area (Å²) in [5, 5.41) is 41.2. The van der Waals surface area contributed by atoms with Gasteiger partial charge in [-0.25, -0.2) is 9.13 Å². The maximum absolute atomic E-state index is 12.9. The van der Waals surface area contributed by atoms with Crippen molar-refractivity contribution in [1.29, 1.82) is 0 Å². The third-order valence-electron chi connectivity index (χ3n) is 11.3. The van der Waals surface area contributed by atoms with Crippen molar-refractivity contribution in [3.8, 4) is 0 Å². The third-order valence-corrected chi connectivity index (χ3v) is 12.7. The highest BCUT2D eigenvalue weighted by Crippen LogP contribution is 2.44. The highest BCUT2D eigenvalue weighted by atomic mass is 31.2. The van der Waals surface area contributed by atoms with Crippen LogP contribution >= 0.6 is 15.6 Å². The second-order valence-electron chi connectivity index (χ2n) is 17.3. The van der Waals surface area contributed by atoms with Crippen LogP contribution in [0, 0.1) is 11.8 Å². The molecule has 0 saturated heterocycles. The summed E-state index contributed by atoms with van der Waals surface area (Å²) in [7, 11) is -9.83. The van der Waals surface area contributed by atoms with Gasteiger partial charge in [-0.3, -0.25) is 28.0 Å². The number of Topliss-reactive ketones (excluding diaryl/α,β-unsaturated/α-hetero) is 1. The second kappa shape index (κ2) is 37.1. The van der Waals surface area contributed by atoms with Crippen LogP contribution < -0.4 is 0 Å². The van der Waals surface area contributed by atoms with Crippen molar-refractivity contribution in [2.75, 3.05) is 26.4 Å². The molecule has 1 saturated carbocycles. The fraction of sp³-hybridized carbons (Fsp3) is 0.848. The number of hydrogen-bond donors (Lipinski definition) is 7. The Morgan fingerprint density at radius 1 is 0.631 bits per heavy atom. The average Bonchev–Trinajstić information content (AvgIpc) is 3.51. The Balaban J connectivity index is 2.55. The Hall–Kier alpha value is -1.85. The number of rotatable bonds is 42. The van der Waals surface area contributed by atoms with Crippen molar-refractivity contribution < 1.29 is 81.7 Å². The lowest BCUT2D eigenvalue weighted by Crippen LogP contribution is -2.30. The predicted molar refractivity (Wildman–Crippen MR) is 246 cm³/mol. The molecule has 0 spiro atoms. The number of esters is 2. The van der Waals surface area contributed by atoms with Crippen LogP contribution in [0.25, 0.3) is 0 Å². The predicted octanol–water partition coefficient (Wildman–Crippen LogP) is 8.24. The number of carbonyl (C=O) groups excluding carboxylic acids is 3. The quantitative estimate of drug-likeness (QED) is 0.0131. The summed E-state index contributed by atoms with van der Waals surface area (Å²) < 4.78 is 47.8. The second-order valence-corrected chi connectivity index (χ2v) is 20.0. The number of carbonyl (C=O) groups is 3. The van der Waals surface area contributed by atoms with Crippen LogP contribution in [0.15, 0.2) is 24.3 Å². The van der Waals surface area contributed by atoms with E-state index < -0.39 is 96.4 Å². The van der Waals surface area contributed by atoms with E-state index in [0.29, 0.717) is 19.3 Å². The van der Waals surface area contributed by atoms with E-state index in [1.54, 1.807) is 12.2 Å². The van der Waals surface area contributed by atoms with Crippen molar-refractivity contribution >= 4 is 33.4 Å². The first-order chi connectivity index (χ1) is 31.0. The number of phosphoric acid groups is 2. The fourth-order valence-corrected chi connectivity index (χ4v) is 8.67. The lowest BCUT2D eigenvalue weighted by Gasteiger charge is -2.21. The first-order valence-electron chi connectivity index (χ1n) is 24.2. The van der Waals surface area contributed by atoms with Gasteiger partial charge in [0.25, 0.3) is 0 Å². The molecule has 0 radical (unpaired) electrons. The van der Waals surface area contributed by atoms with E-state index in [1.165, 1.54) is 38.5 Å². The molecule has 1 unspecified atom stereocenters. The van der Waals surface area contributed by atoms with Gasteiger partial charge in [-0.15, -0.1) is 0 Å². The number of hydrogen-bond acceptors (Lipinski definition) is 14. The normalized spacial score (nSPS) is 20.3. The van der Waals surface area contributed by atoms with Crippen LogP contribution in [-0.2, 0) is 46.6 Å². The molecule has 0 amide bonds. The van der Waals surface area contributed by atoms with Crippen LogP contribution in [0.3, 0.4) is 0 Å². The van der Waals surface area contributed by atoms with Crippen LogP contribution in [-0.4, -0.2) is 110 Å². The number of aliphatic hydroxyl groups excluding tert-OH is 4. The molecule has 65 heavy (non-hydrogen) atoms. The summed E-state index contributed by atoms with van der Waals surface area (Å²) in [6.07, 6.45) is 23.6. The number of ketones is 1. The maximum atomic E-state index is 12.9. The fourth-order valence-electron chi connectivity index (χ4n) is 7.52. The molecule has 0 bridgehead atoms. The minimum atomic E-state index is -4.91. The molecule has 7 N–H and O–H groups in total. The van der Waals surface area contributed by atoms with Gasteiger partial charge in [0.15, 0.2) is 6.10 Å². The molecule has 1 rings (SSSR count). The van der Waals surface area contributed by atoms with Gasteiger partial charge in [0.2, 0.25) is 0 Å². The van der Waals surface area contributed by atoms with E-state index in [-0.39, 0.29) is 44.3 Å². The SMILES string of the molecule is CCCCCCCC/C=C\CCCCCCCCCC(=O)OC[C@H](COP(=O)(O)OC[C@@H](O)COP(=O)(O)O)OC(=O)CCCCC(=O)C[C@@H]1[C@@H](/C=C/[C@@H](O)CCCCC)[C@H](O)C[C@@H]1O. The van der Waals surface area contributed by atoms with E-state index in [9.17, 15) is 48.8 Å². The van der Waals surface area contributed by atoms with Crippen LogP contribution in [0.5, 0.6) is 0 Å². The molecule has 1 aliphatic carbocycles. The van der Waals surface area contributed by atoms with Gasteiger partial charge < -0.3 is 44.6 Å². The van der Waals surface area contributed by atoms with Crippen molar-refractivity contribution in [2.45, 2.75) is 211 Å². The summed E-state index contributed by atoms with van der Waals surface area (Å²) in [4.78, 5) is 66.0. The summed E-state index contributed by atoms with van der Waals surface area (Å²) >= 11 is 0. The zero-order valence-electron chi connectivity index (χ0n) is 39.2. The highest BCUT2D eigenvalue weighted by molar-refractivity contribution is 7.47. The van der Waals surface area contributed by atoms with E-state index >= 15 is 0 Å². The maximum Gasteiger partial charge on any atom is 0.472 e. The first-order valence-corrected chi connectivity index (χ1v) is 27.2. The van der Waals surface area contributed by atoms with Gasteiger partial charge in [-0.05, 0) is 51.4 Å². The molecule has 1 aliphatic rings. The summed E-state index contributed by atoms with van der Waals surface area (Å²) in [6, 6.07) is 0. The van der Waals surface area contributed by atoms with E-state index in [2.05, 4.69) is 35.0 Å². The van der Waals surface area contributed by atoms with Gasteiger partial charge in [0.05, 0.1) is 38.1 Å². The molecule has 0 aromatic carbocycles. The van der Waals surface area contributed by atoms with Crippen molar-refractivity contribution in [2.24, 2.45) is 11.8 Å². The van der Waals surface area contributed by atoms with Gasteiger partial charge >= 0.3 is 27.6 Å². The molecule has 1 fully saturated rings. The van der Waals surface area contributed by atoms with Gasteiger partial charge in [0, 0.05) is 43.9 Å². The van der Waals surface area contributed by atoms with E-state index in [4.69, 9.17) is 23.8 Å². The molecular formula is C46H84O17P2. The number of phosphoric ester groups is 2. The Morgan fingerprint density at radius 3 is 1.78 bits per heavy atom. The van der Waals surface area contributed by atoms with E-state index in [0.717, 1.165) is 70.6 Å². The monoisotopic (exact) mass is 971 g/mol. The Labute approximate surface area is 387 Å². The lowest BCUT2D eigenvalue weighted by atomic mass is 9.87. The Kier molecular flexibility index (Phi) is 34.9. The number of allylic oxidation sites excluding steroid dienone is 2. The molecule has 0 aliphatic heterocycles. The van der Waals surface area contributed by atoms with E-state index in [1.807, 2.05) is 0 Å². The summed E-state index contributed by atoms with van der Waals surface area (Å²) in [5.41, 5.74) is 0. The summed E-state index contributed by atoms with van der Waals surface area (Å²) in [6.45, 7) is 1.23. The topological polar surface area (TPSA) is 273 Å². The first kappa shape index (κ1) is 61.2. The number of unbranched alkanes of at least 4 members (excludes halogenated alkanes) is 16. The zero-order chi connectivity index (χ0) is 48.4. The molecule has 17 nitrogen and oxygen atoms in total.